The monoisotopic (exact) mass is 257 g/mol. The molecule has 1 N–H and O–H groups in total. The van der Waals surface area contributed by atoms with Crippen LogP contribution in [-0.4, -0.2) is 18.0 Å². The molecule has 1 fully saturated rings. The van der Waals surface area contributed by atoms with Crippen molar-refractivity contribution in [3.63, 3.8) is 0 Å². The van der Waals surface area contributed by atoms with Gasteiger partial charge in [0.2, 0.25) is 5.91 Å². The predicted octanol–water partition coefficient (Wildman–Crippen LogP) is 2.21. The molecular formula is C15H15NO3. The third-order valence-electron chi connectivity index (χ3n) is 2.85. The number of benzene rings is 1. The fourth-order valence-corrected chi connectivity index (χ4v) is 1.54. The van der Waals surface area contributed by atoms with Crippen molar-refractivity contribution < 1.29 is 14.3 Å². The van der Waals surface area contributed by atoms with Gasteiger partial charge in [-0.15, -0.1) is 6.42 Å². The van der Waals surface area contributed by atoms with Crippen LogP contribution in [0.15, 0.2) is 24.3 Å². The summed E-state index contributed by atoms with van der Waals surface area (Å²) in [6.07, 6.45) is 6.50. The molecule has 0 spiro atoms. The van der Waals surface area contributed by atoms with Gasteiger partial charge in [0.25, 0.3) is 0 Å². The van der Waals surface area contributed by atoms with E-state index in [1.54, 1.807) is 31.2 Å². The number of carbonyl (C=O) groups excluding carboxylic acids is 2. The maximum absolute atomic E-state index is 11.7. The second kappa shape index (κ2) is 5.57. The first-order valence-corrected chi connectivity index (χ1v) is 6.18. The molecule has 2 rings (SSSR count). The summed E-state index contributed by atoms with van der Waals surface area (Å²) in [5.41, 5.74) is 1.09. The van der Waals surface area contributed by atoms with Gasteiger partial charge in [-0.05, 0) is 44.0 Å². The average Bonchev–Trinajstić information content (AvgIpc) is 3.23. The number of esters is 1. The molecule has 1 aliphatic rings. The first-order chi connectivity index (χ1) is 9.10. The molecule has 1 saturated carbocycles. The van der Waals surface area contributed by atoms with Crippen molar-refractivity contribution in [1.82, 2.24) is 0 Å². The molecule has 1 aliphatic carbocycles. The minimum atomic E-state index is -0.554. The molecule has 98 valence electrons. The van der Waals surface area contributed by atoms with Crippen molar-refractivity contribution in [3.05, 3.63) is 29.8 Å². The summed E-state index contributed by atoms with van der Waals surface area (Å²) in [4.78, 5) is 23.2. The van der Waals surface area contributed by atoms with E-state index < -0.39 is 12.1 Å². The number of terminal acetylenes is 1. The molecule has 0 radical (unpaired) electrons. The molecule has 0 saturated heterocycles. The zero-order valence-corrected chi connectivity index (χ0v) is 10.7. The lowest BCUT2D eigenvalue weighted by Gasteiger charge is -2.08. The average molecular weight is 257 g/mol. The molecule has 0 heterocycles. The number of nitrogens with one attached hydrogen (secondary N) is 1. The summed E-state index contributed by atoms with van der Waals surface area (Å²) >= 11 is 0. The number of anilines is 1. The second-order valence-corrected chi connectivity index (χ2v) is 4.56. The van der Waals surface area contributed by atoms with Crippen LogP contribution in [0.4, 0.5) is 5.69 Å². The van der Waals surface area contributed by atoms with Crippen molar-refractivity contribution >= 4 is 17.6 Å². The van der Waals surface area contributed by atoms with Crippen LogP contribution >= 0.6 is 0 Å². The molecule has 1 aromatic carbocycles. The molecule has 0 aromatic heterocycles. The van der Waals surface area contributed by atoms with Gasteiger partial charge in [-0.3, -0.25) is 4.79 Å². The molecule has 0 aliphatic heterocycles. The van der Waals surface area contributed by atoms with E-state index in [4.69, 9.17) is 11.2 Å². The summed E-state index contributed by atoms with van der Waals surface area (Å²) in [5.74, 6) is 2.05. The van der Waals surface area contributed by atoms with E-state index in [1.165, 1.54) is 0 Å². The topological polar surface area (TPSA) is 55.4 Å². The molecule has 19 heavy (non-hydrogen) atoms. The molecule has 1 atom stereocenters. The molecule has 4 heteroatoms. The van der Waals surface area contributed by atoms with E-state index in [-0.39, 0.29) is 11.8 Å². The maximum Gasteiger partial charge on any atom is 0.339 e. The van der Waals surface area contributed by atoms with Crippen LogP contribution in [0, 0.1) is 18.3 Å². The smallest absolute Gasteiger partial charge is 0.339 e. The summed E-state index contributed by atoms with van der Waals surface area (Å²) in [7, 11) is 0. The Morgan fingerprint density at radius 2 is 2.00 bits per heavy atom. The number of carbonyl (C=O) groups is 2. The number of amides is 1. The van der Waals surface area contributed by atoms with E-state index in [2.05, 4.69) is 11.2 Å². The Kier molecular flexibility index (Phi) is 3.86. The van der Waals surface area contributed by atoms with Crippen LogP contribution in [0.3, 0.4) is 0 Å². The Morgan fingerprint density at radius 3 is 2.53 bits per heavy atom. The summed E-state index contributed by atoms with van der Waals surface area (Å²) in [6.45, 7) is 1.63. The van der Waals surface area contributed by atoms with Crippen molar-refractivity contribution in [2.75, 3.05) is 5.32 Å². The lowest BCUT2D eigenvalue weighted by molar-refractivity contribution is -0.117. The highest BCUT2D eigenvalue weighted by Crippen LogP contribution is 2.30. The Labute approximate surface area is 112 Å². The first kappa shape index (κ1) is 13.2. The van der Waals surface area contributed by atoms with Gasteiger partial charge in [0, 0.05) is 11.6 Å². The molecule has 1 aromatic rings. The fraction of sp³-hybridized carbons (Fsp3) is 0.333. The largest absolute Gasteiger partial charge is 0.446 e. The van der Waals surface area contributed by atoms with Gasteiger partial charge in [-0.1, -0.05) is 5.92 Å². The Balaban J connectivity index is 1.95. The van der Waals surface area contributed by atoms with Crippen LogP contribution in [0.5, 0.6) is 0 Å². The van der Waals surface area contributed by atoms with Gasteiger partial charge in [0.15, 0.2) is 6.10 Å². The van der Waals surface area contributed by atoms with Crippen molar-refractivity contribution in [1.29, 1.82) is 0 Å². The van der Waals surface area contributed by atoms with Crippen LogP contribution in [0.2, 0.25) is 0 Å². The number of hydrogen-bond donors (Lipinski definition) is 1. The minimum Gasteiger partial charge on any atom is -0.446 e. The Hall–Kier alpha value is -2.28. The van der Waals surface area contributed by atoms with Crippen LogP contribution < -0.4 is 5.32 Å². The van der Waals surface area contributed by atoms with Crippen molar-refractivity contribution in [2.24, 2.45) is 5.92 Å². The standard InChI is InChI=1S/C15H15NO3/c1-3-10(2)19-15(18)12-6-8-13(9-7-12)16-14(17)11-4-5-11/h1,6-11H,4-5H2,2H3,(H,16,17)/t10-/m1/s1. The molecule has 1 amide bonds. The Morgan fingerprint density at radius 1 is 1.37 bits per heavy atom. The first-order valence-electron chi connectivity index (χ1n) is 6.18. The minimum absolute atomic E-state index is 0.0382. The molecule has 0 unspecified atom stereocenters. The zero-order chi connectivity index (χ0) is 13.8. The highest BCUT2D eigenvalue weighted by Gasteiger charge is 2.29. The van der Waals surface area contributed by atoms with Crippen LogP contribution in [-0.2, 0) is 9.53 Å². The fourth-order valence-electron chi connectivity index (χ4n) is 1.54. The van der Waals surface area contributed by atoms with E-state index in [9.17, 15) is 9.59 Å². The highest BCUT2D eigenvalue weighted by atomic mass is 16.5. The summed E-state index contributed by atoms with van der Waals surface area (Å²) < 4.78 is 4.99. The molecule has 4 nitrogen and oxygen atoms in total. The number of hydrogen-bond acceptors (Lipinski definition) is 3. The van der Waals surface area contributed by atoms with E-state index >= 15 is 0 Å². The lowest BCUT2D eigenvalue weighted by Crippen LogP contribution is -2.14. The third kappa shape index (κ3) is 3.59. The van der Waals surface area contributed by atoms with E-state index in [1.807, 2.05) is 0 Å². The summed E-state index contributed by atoms with van der Waals surface area (Å²) in [6, 6.07) is 6.57. The van der Waals surface area contributed by atoms with Crippen LogP contribution in [0.25, 0.3) is 0 Å². The van der Waals surface area contributed by atoms with Crippen molar-refractivity contribution in [2.45, 2.75) is 25.9 Å². The van der Waals surface area contributed by atoms with Gasteiger partial charge >= 0.3 is 5.97 Å². The number of ether oxygens (including phenoxy) is 1. The quantitative estimate of drug-likeness (QED) is 0.664. The Bertz CT molecular complexity index is 523. The SMILES string of the molecule is C#C[C@@H](C)OC(=O)c1ccc(NC(=O)C2CC2)cc1. The van der Waals surface area contributed by atoms with E-state index in [0.717, 1.165) is 12.8 Å². The molecular weight excluding hydrogens is 242 g/mol. The van der Waals surface area contributed by atoms with Crippen LogP contribution in [0.1, 0.15) is 30.1 Å². The maximum atomic E-state index is 11.7. The number of rotatable bonds is 4. The third-order valence-corrected chi connectivity index (χ3v) is 2.85. The highest BCUT2D eigenvalue weighted by molar-refractivity contribution is 5.95. The van der Waals surface area contributed by atoms with Gasteiger partial charge < -0.3 is 10.1 Å². The van der Waals surface area contributed by atoms with Gasteiger partial charge in [0.1, 0.15) is 0 Å². The van der Waals surface area contributed by atoms with Gasteiger partial charge in [-0.2, -0.15) is 0 Å². The predicted molar refractivity (Wildman–Crippen MR) is 71.5 cm³/mol. The normalized spacial score (nSPS) is 15.2. The summed E-state index contributed by atoms with van der Waals surface area (Å²) in [5, 5.41) is 2.80. The van der Waals surface area contributed by atoms with Gasteiger partial charge in [-0.25, -0.2) is 4.79 Å². The van der Waals surface area contributed by atoms with E-state index in [0.29, 0.717) is 11.3 Å². The van der Waals surface area contributed by atoms with Gasteiger partial charge in [0.05, 0.1) is 5.56 Å². The molecule has 0 bridgehead atoms. The second-order valence-electron chi connectivity index (χ2n) is 4.56. The lowest BCUT2D eigenvalue weighted by atomic mass is 10.2. The zero-order valence-electron chi connectivity index (χ0n) is 10.7. The van der Waals surface area contributed by atoms with Crippen molar-refractivity contribution in [3.8, 4) is 12.3 Å².